The largest absolute Gasteiger partial charge is 0.294 e. The van der Waals surface area contributed by atoms with Gasteiger partial charge in [-0.3, -0.25) is 9.93 Å². The lowest BCUT2D eigenvalue weighted by molar-refractivity contribution is 0.0969. The van der Waals surface area contributed by atoms with Gasteiger partial charge in [-0.25, -0.2) is 22.1 Å². The quantitative estimate of drug-likeness (QED) is 0.148. The molecule has 0 fully saturated rings. The number of rotatable bonds is 7. The SMILES string of the molecule is CC(C)(C)[S@@](=O)N[C@@H]1CC[C@@H](c2ccccc2)c2ccccc21.CC(C)(C)[S@@](=O)N[C@@H]1CC[C@H](c2ccccc2)c2ccccc21.CC(C)(C)[S@](N)=O.O=C1CCC(c2ccccc2)c2ccccc21. The first kappa shape index (κ1) is 54.6. The van der Waals surface area contributed by atoms with Crippen molar-refractivity contribution in [2.45, 2.75) is 145 Å². The van der Waals surface area contributed by atoms with Gasteiger partial charge in [0.05, 0.1) is 47.2 Å². The van der Waals surface area contributed by atoms with Crippen molar-refractivity contribution < 1.29 is 17.4 Å². The van der Waals surface area contributed by atoms with Gasteiger partial charge in [0.2, 0.25) is 0 Å². The van der Waals surface area contributed by atoms with Crippen LogP contribution in [0.1, 0.15) is 186 Å². The minimum Gasteiger partial charge on any atom is -0.294 e. The molecule has 0 saturated carbocycles. The number of carbonyl (C=O) groups excluding carboxylic acids is 1. The number of carbonyl (C=O) groups is 1. The molecule has 0 bridgehead atoms. The molecule has 10 heteroatoms. The predicted octanol–water partition coefficient (Wildman–Crippen LogP) is 13.6. The molecule has 0 aliphatic heterocycles. The molecule has 70 heavy (non-hydrogen) atoms. The van der Waals surface area contributed by atoms with Gasteiger partial charge in [-0.1, -0.05) is 164 Å². The third-order valence-corrected chi connectivity index (χ3v) is 17.5. The van der Waals surface area contributed by atoms with E-state index in [0.29, 0.717) is 24.2 Å². The van der Waals surface area contributed by atoms with Crippen LogP contribution in [0.15, 0.2) is 164 Å². The zero-order valence-electron chi connectivity index (χ0n) is 42.7. The third kappa shape index (κ3) is 14.7. The Morgan fingerprint density at radius 1 is 0.400 bits per heavy atom. The maximum absolute atomic E-state index is 12.5. The van der Waals surface area contributed by atoms with Crippen LogP contribution in [0.4, 0.5) is 0 Å². The van der Waals surface area contributed by atoms with Gasteiger partial charge >= 0.3 is 0 Å². The van der Waals surface area contributed by atoms with Crippen molar-refractivity contribution in [1.29, 1.82) is 0 Å². The van der Waals surface area contributed by atoms with Crippen LogP contribution < -0.4 is 14.6 Å². The van der Waals surface area contributed by atoms with E-state index in [1.165, 1.54) is 44.5 Å². The molecule has 372 valence electrons. The van der Waals surface area contributed by atoms with E-state index in [-0.39, 0.29) is 32.1 Å². The molecule has 4 N–H and O–H groups in total. The van der Waals surface area contributed by atoms with Gasteiger partial charge in [0.1, 0.15) is 0 Å². The van der Waals surface area contributed by atoms with E-state index < -0.39 is 33.0 Å². The molecule has 0 heterocycles. The lowest BCUT2D eigenvalue weighted by atomic mass is 9.77. The molecule has 6 aromatic rings. The summed E-state index contributed by atoms with van der Waals surface area (Å²) in [6.45, 7) is 17.6. The normalized spacial score (nSPS) is 20.9. The van der Waals surface area contributed by atoms with Gasteiger partial charge in [-0.05, 0) is 139 Å². The molecular weight excluding hydrogens is 923 g/mol. The van der Waals surface area contributed by atoms with Crippen molar-refractivity contribution in [3.05, 3.63) is 214 Å². The lowest BCUT2D eigenvalue weighted by Crippen LogP contribution is -2.37. The molecule has 0 amide bonds. The smallest absolute Gasteiger partial charge is 0.163 e. The molecule has 0 saturated heterocycles. The van der Waals surface area contributed by atoms with E-state index >= 15 is 0 Å². The summed E-state index contributed by atoms with van der Waals surface area (Å²) < 4.78 is 41.3. The highest BCUT2D eigenvalue weighted by Crippen LogP contribution is 2.43. The topological polar surface area (TPSA) is 118 Å². The molecule has 0 radical (unpaired) electrons. The zero-order chi connectivity index (χ0) is 50.6. The summed E-state index contributed by atoms with van der Waals surface area (Å²) in [7, 11) is -3.28. The van der Waals surface area contributed by atoms with Crippen LogP contribution in [-0.2, 0) is 33.0 Å². The van der Waals surface area contributed by atoms with Crippen molar-refractivity contribution in [1.82, 2.24) is 9.44 Å². The summed E-state index contributed by atoms with van der Waals surface area (Å²) >= 11 is 0. The van der Waals surface area contributed by atoms with E-state index in [9.17, 15) is 17.4 Å². The number of nitrogens with one attached hydrogen (secondary N) is 2. The van der Waals surface area contributed by atoms with Crippen molar-refractivity contribution in [2.75, 3.05) is 0 Å². The lowest BCUT2D eigenvalue weighted by Gasteiger charge is -2.33. The molecule has 9 rings (SSSR count). The summed E-state index contributed by atoms with van der Waals surface area (Å²) in [6, 6.07) is 57.4. The minimum atomic E-state index is -1.18. The van der Waals surface area contributed by atoms with Crippen LogP contribution >= 0.6 is 0 Å². The Bertz CT molecular complexity index is 2570. The second-order valence-corrected chi connectivity index (χ2v) is 27.2. The summed E-state index contributed by atoms with van der Waals surface area (Å²) in [5, 5.41) is 5.04. The fourth-order valence-corrected chi connectivity index (χ4v) is 10.9. The summed E-state index contributed by atoms with van der Waals surface area (Å²) in [5.74, 6) is 1.54. The molecule has 7 nitrogen and oxygen atoms in total. The molecular formula is C60H75N3O4S3. The van der Waals surface area contributed by atoms with Gasteiger partial charge in [-0.15, -0.1) is 0 Å². The highest BCUT2D eigenvalue weighted by Gasteiger charge is 2.33. The second kappa shape index (κ2) is 24.6. The van der Waals surface area contributed by atoms with Crippen LogP contribution in [0.2, 0.25) is 0 Å². The molecule has 3 aliphatic rings. The first-order chi connectivity index (χ1) is 33.2. The molecule has 1 unspecified atom stereocenters. The first-order valence-electron chi connectivity index (χ1n) is 24.7. The number of ketones is 1. The fourth-order valence-electron chi connectivity index (χ4n) is 9.15. The molecule has 6 aromatic carbocycles. The van der Waals surface area contributed by atoms with Crippen LogP contribution in [-0.4, -0.2) is 32.7 Å². The van der Waals surface area contributed by atoms with Crippen LogP contribution in [0, 0.1) is 0 Å². The highest BCUT2D eigenvalue weighted by atomic mass is 32.2. The average molecular weight is 998 g/mol. The second-order valence-electron chi connectivity index (χ2n) is 21.4. The van der Waals surface area contributed by atoms with Crippen LogP contribution in [0.25, 0.3) is 0 Å². The summed E-state index contributed by atoms with van der Waals surface area (Å²) in [5.41, 5.74) is 11.5. The fraction of sp³-hybridized carbons (Fsp3) is 0.383. The molecule has 8 atom stereocenters. The number of nitrogens with two attached hydrogens (primary N) is 1. The average Bonchev–Trinajstić information content (AvgIpc) is 3.35. The Kier molecular flexibility index (Phi) is 19.2. The molecule has 0 aromatic heterocycles. The maximum atomic E-state index is 12.5. The molecule has 3 aliphatic carbocycles. The number of Topliss-reactive ketones (excluding diaryl/α,β-unsaturated/α-hetero) is 1. The number of fused-ring (bicyclic) bond motifs is 3. The maximum Gasteiger partial charge on any atom is 0.163 e. The Balaban J connectivity index is 0.000000163. The number of benzene rings is 6. The highest BCUT2D eigenvalue weighted by molar-refractivity contribution is 7.84. The Labute approximate surface area is 427 Å². The van der Waals surface area contributed by atoms with Crippen molar-refractivity contribution in [2.24, 2.45) is 5.14 Å². The summed E-state index contributed by atoms with van der Waals surface area (Å²) in [6.07, 6.45) is 5.79. The van der Waals surface area contributed by atoms with Gasteiger partial charge < -0.3 is 0 Å². The number of hydrogen-bond acceptors (Lipinski definition) is 4. The van der Waals surface area contributed by atoms with E-state index in [1.807, 2.05) is 86.6 Å². The Morgan fingerprint density at radius 2 is 0.700 bits per heavy atom. The van der Waals surface area contributed by atoms with E-state index in [4.69, 9.17) is 5.14 Å². The van der Waals surface area contributed by atoms with Crippen LogP contribution in [0.5, 0.6) is 0 Å². The Morgan fingerprint density at radius 3 is 1.04 bits per heavy atom. The van der Waals surface area contributed by atoms with Gasteiger partial charge in [0.15, 0.2) is 5.78 Å². The van der Waals surface area contributed by atoms with Gasteiger partial charge in [-0.2, -0.15) is 0 Å². The van der Waals surface area contributed by atoms with Gasteiger partial charge in [0.25, 0.3) is 0 Å². The number of hydrogen-bond donors (Lipinski definition) is 3. The standard InChI is InChI=1S/2C20H25NOS.C16H14O.C4H11NOS/c2*1-20(2,3)23(22)21-19-14-13-16(15-9-5-4-6-10-15)17-11-7-8-12-18(17)19;17-16-11-10-13(12-6-2-1-3-7-12)14-8-4-5-9-15(14)16;1-4(2,3)7(5)6/h2*4-12,16,19,21H,13-14H2,1-3H3;1-9,13H,10-11H2;5H2,1-3H3/t16-,19+,23+;16-,19-,23-;;7-/m01.1/s1. The van der Waals surface area contributed by atoms with Crippen molar-refractivity contribution in [3.8, 4) is 0 Å². The van der Waals surface area contributed by atoms with Crippen LogP contribution in [0.3, 0.4) is 0 Å². The molecule has 0 spiro atoms. The predicted molar refractivity (Wildman–Crippen MR) is 296 cm³/mol. The van der Waals surface area contributed by atoms with E-state index in [0.717, 1.165) is 37.7 Å². The summed E-state index contributed by atoms with van der Waals surface area (Å²) in [4.78, 5) is 11.9. The monoisotopic (exact) mass is 997 g/mol. The van der Waals surface area contributed by atoms with Gasteiger partial charge in [0, 0.05) is 41.8 Å². The Hall–Kier alpha value is -4.68. The van der Waals surface area contributed by atoms with Crippen molar-refractivity contribution >= 4 is 38.7 Å². The van der Waals surface area contributed by atoms with Crippen molar-refractivity contribution in [3.63, 3.8) is 0 Å². The van der Waals surface area contributed by atoms with E-state index in [1.54, 1.807) is 0 Å². The zero-order valence-corrected chi connectivity index (χ0v) is 45.1. The minimum absolute atomic E-state index is 0.172. The van der Waals surface area contributed by atoms with E-state index in [2.05, 4.69) is 149 Å². The third-order valence-electron chi connectivity index (χ3n) is 13.1. The first-order valence-corrected chi connectivity index (χ1v) is 28.2.